The summed E-state index contributed by atoms with van der Waals surface area (Å²) in [6, 6.07) is 12.5. The number of nitrogens with one attached hydrogen (secondary N) is 1. The van der Waals surface area contributed by atoms with Gasteiger partial charge in [0, 0.05) is 0 Å². The Bertz CT molecular complexity index is 1180. The Morgan fingerprint density at radius 2 is 1.97 bits per heavy atom. The highest BCUT2D eigenvalue weighted by molar-refractivity contribution is 7.22. The lowest BCUT2D eigenvalue weighted by molar-refractivity contribution is -0.137. The van der Waals surface area contributed by atoms with Crippen LogP contribution in [0.1, 0.15) is 16.8 Å². The minimum Gasteiger partial charge on any atom is -0.253 e. The normalized spacial score (nSPS) is 12.2. The van der Waals surface area contributed by atoms with Crippen molar-refractivity contribution in [3.05, 3.63) is 70.5 Å². The quantitative estimate of drug-likeness (QED) is 0.320. The zero-order chi connectivity index (χ0) is 20.6. The lowest BCUT2D eigenvalue weighted by atomic mass is 10.2. The summed E-state index contributed by atoms with van der Waals surface area (Å²) in [5, 5.41) is 9.17. The van der Waals surface area contributed by atoms with Crippen LogP contribution in [0.25, 0.3) is 15.9 Å². The fraction of sp³-hybridized carbons (Fsp3) is 0.105. The minimum atomic E-state index is -4.45. The number of nitrogens with zero attached hydrogens (tertiary/aromatic N) is 4. The average Bonchev–Trinajstić information content (AvgIpc) is 3.22. The van der Waals surface area contributed by atoms with Crippen LogP contribution in [0.2, 0.25) is 5.15 Å². The van der Waals surface area contributed by atoms with Gasteiger partial charge < -0.3 is 0 Å². The monoisotopic (exact) mass is 435 g/mol. The van der Waals surface area contributed by atoms with Crippen LogP contribution < -0.4 is 5.43 Å². The van der Waals surface area contributed by atoms with Crippen molar-refractivity contribution in [2.45, 2.75) is 13.1 Å². The van der Waals surface area contributed by atoms with Crippen molar-refractivity contribution in [1.29, 1.82) is 0 Å². The summed E-state index contributed by atoms with van der Waals surface area (Å²) in [5.74, 6) is 0. The predicted octanol–water partition coefficient (Wildman–Crippen LogP) is 5.91. The molecule has 4 aromatic rings. The number of rotatable bonds is 4. The van der Waals surface area contributed by atoms with Crippen LogP contribution in [0, 0.1) is 6.92 Å². The van der Waals surface area contributed by atoms with Crippen molar-refractivity contribution < 1.29 is 13.2 Å². The highest BCUT2D eigenvalue weighted by Gasteiger charge is 2.30. The number of para-hydroxylation sites is 1. The maximum Gasteiger partial charge on any atom is 0.416 e. The third kappa shape index (κ3) is 3.96. The number of hydrogen-bond donors (Lipinski definition) is 1. The first-order chi connectivity index (χ1) is 13.8. The number of anilines is 1. The summed E-state index contributed by atoms with van der Waals surface area (Å²) in [5.41, 5.74) is 4.18. The fourth-order valence-electron chi connectivity index (χ4n) is 2.71. The SMILES string of the molecule is Cc1nn(-c2cccc(C(F)(F)F)c2)c(Cl)c1/C=N\Nc1nc2ccccc2s1. The van der Waals surface area contributed by atoms with Gasteiger partial charge in [-0.15, -0.1) is 0 Å². The van der Waals surface area contributed by atoms with Crippen molar-refractivity contribution in [1.82, 2.24) is 14.8 Å². The van der Waals surface area contributed by atoms with Gasteiger partial charge in [-0.25, -0.2) is 9.67 Å². The summed E-state index contributed by atoms with van der Waals surface area (Å²) in [6.45, 7) is 1.70. The molecule has 5 nitrogen and oxygen atoms in total. The van der Waals surface area contributed by atoms with E-state index in [1.165, 1.54) is 34.4 Å². The number of hydrogen-bond acceptors (Lipinski definition) is 5. The molecule has 10 heteroatoms. The average molecular weight is 436 g/mol. The standard InChI is InChI=1S/C19H13ClF3N5S/c1-11-14(10-24-26-18-25-15-7-2-3-8-16(15)29-18)17(20)28(27-11)13-6-4-5-12(9-13)19(21,22)23/h2-10H,1H3,(H,25,26)/b24-10-. The van der Waals surface area contributed by atoms with Crippen molar-refractivity contribution in [2.24, 2.45) is 5.10 Å². The predicted molar refractivity (Wildman–Crippen MR) is 109 cm³/mol. The maximum absolute atomic E-state index is 13.0. The van der Waals surface area contributed by atoms with E-state index in [4.69, 9.17) is 11.6 Å². The lowest BCUT2D eigenvalue weighted by Gasteiger charge is -2.09. The van der Waals surface area contributed by atoms with Crippen LogP contribution in [0.3, 0.4) is 0 Å². The number of fused-ring (bicyclic) bond motifs is 1. The first-order valence-electron chi connectivity index (χ1n) is 8.40. The van der Waals surface area contributed by atoms with Gasteiger partial charge >= 0.3 is 6.18 Å². The molecule has 2 aromatic heterocycles. The molecule has 29 heavy (non-hydrogen) atoms. The summed E-state index contributed by atoms with van der Waals surface area (Å²) in [6.07, 6.45) is -2.98. The van der Waals surface area contributed by atoms with Gasteiger partial charge in [-0.2, -0.15) is 23.4 Å². The number of aryl methyl sites for hydroxylation is 1. The van der Waals surface area contributed by atoms with E-state index in [0.29, 0.717) is 16.4 Å². The molecule has 0 aliphatic rings. The maximum atomic E-state index is 13.0. The van der Waals surface area contributed by atoms with Crippen LogP contribution in [0.4, 0.5) is 18.3 Å². The van der Waals surface area contributed by atoms with Gasteiger partial charge in [0.15, 0.2) is 0 Å². The van der Waals surface area contributed by atoms with Crippen LogP contribution in [0.5, 0.6) is 0 Å². The zero-order valence-corrected chi connectivity index (χ0v) is 16.5. The Morgan fingerprint density at radius 3 is 2.72 bits per heavy atom. The molecular weight excluding hydrogens is 423 g/mol. The van der Waals surface area contributed by atoms with E-state index in [1.54, 1.807) is 6.92 Å². The van der Waals surface area contributed by atoms with Gasteiger partial charge in [0.2, 0.25) is 5.13 Å². The lowest BCUT2D eigenvalue weighted by Crippen LogP contribution is -2.06. The topological polar surface area (TPSA) is 55.1 Å². The fourth-order valence-corrected chi connectivity index (χ4v) is 3.85. The van der Waals surface area contributed by atoms with E-state index in [2.05, 4.69) is 20.6 Å². The number of alkyl halides is 3. The number of thiazole rings is 1. The third-order valence-electron chi connectivity index (χ3n) is 4.11. The summed E-state index contributed by atoms with van der Waals surface area (Å²) in [4.78, 5) is 4.41. The summed E-state index contributed by atoms with van der Waals surface area (Å²) >= 11 is 7.81. The van der Waals surface area contributed by atoms with Crippen molar-refractivity contribution in [3.63, 3.8) is 0 Å². The molecule has 0 unspecified atom stereocenters. The summed E-state index contributed by atoms with van der Waals surface area (Å²) < 4.78 is 41.2. The molecule has 0 saturated carbocycles. The number of benzene rings is 2. The number of aromatic nitrogens is 3. The molecule has 2 heterocycles. The molecule has 0 bridgehead atoms. The Kier molecular flexibility index (Phi) is 5.01. The Morgan fingerprint density at radius 1 is 1.17 bits per heavy atom. The second kappa shape index (κ2) is 7.49. The molecule has 0 aliphatic carbocycles. The Hall–Kier alpha value is -2.91. The second-order valence-electron chi connectivity index (χ2n) is 6.11. The molecule has 2 aromatic carbocycles. The van der Waals surface area contributed by atoms with E-state index in [-0.39, 0.29) is 10.8 Å². The van der Waals surface area contributed by atoms with Crippen LogP contribution in [-0.4, -0.2) is 21.0 Å². The zero-order valence-electron chi connectivity index (χ0n) is 14.9. The Balaban J connectivity index is 1.59. The number of halogens is 4. The molecule has 0 spiro atoms. The van der Waals surface area contributed by atoms with Gasteiger partial charge in [-0.3, -0.25) is 5.43 Å². The van der Waals surface area contributed by atoms with Gasteiger partial charge in [0.25, 0.3) is 0 Å². The smallest absolute Gasteiger partial charge is 0.253 e. The molecule has 0 atom stereocenters. The first kappa shape index (κ1) is 19.4. The molecule has 0 saturated heterocycles. The molecule has 0 amide bonds. The molecule has 0 fully saturated rings. The second-order valence-corrected chi connectivity index (χ2v) is 7.50. The van der Waals surface area contributed by atoms with Gasteiger partial charge in [0.05, 0.1) is 38.9 Å². The van der Waals surface area contributed by atoms with Crippen LogP contribution >= 0.6 is 22.9 Å². The van der Waals surface area contributed by atoms with E-state index in [0.717, 1.165) is 22.3 Å². The van der Waals surface area contributed by atoms with E-state index >= 15 is 0 Å². The van der Waals surface area contributed by atoms with Crippen molar-refractivity contribution >= 4 is 44.5 Å². The first-order valence-corrected chi connectivity index (χ1v) is 9.60. The molecule has 0 radical (unpaired) electrons. The van der Waals surface area contributed by atoms with E-state index < -0.39 is 11.7 Å². The highest BCUT2D eigenvalue weighted by Crippen LogP contribution is 2.31. The Labute approximate surface area is 172 Å². The molecule has 148 valence electrons. The van der Waals surface area contributed by atoms with Gasteiger partial charge in [0.1, 0.15) is 5.15 Å². The highest BCUT2D eigenvalue weighted by atomic mass is 35.5. The van der Waals surface area contributed by atoms with Gasteiger partial charge in [-0.05, 0) is 37.3 Å². The number of hydrazone groups is 1. The van der Waals surface area contributed by atoms with E-state index in [1.807, 2.05) is 24.3 Å². The van der Waals surface area contributed by atoms with Crippen LogP contribution in [-0.2, 0) is 6.18 Å². The van der Waals surface area contributed by atoms with Gasteiger partial charge in [-0.1, -0.05) is 41.1 Å². The third-order valence-corrected chi connectivity index (χ3v) is 5.42. The van der Waals surface area contributed by atoms with Crippen molar-refractivity contribution in [3.8, 4) is 5.69 Å². The van der Waals surface area contributed by atoms with Crippen molar-refractivity contribution in [2.75, 3.05) is 5.43 Å². The van der Waals surface area contributed by atoms with Crippen LogP contribution in [0.15, 0.2) is 53.6 Å². The van der Waals surface area contributed by atoms with E-state index in [9.17, 15) is 13.2 Å². The molecule has 0 aliphatic heterocycles. The molecule has 1 N–H and O–H groups in total. The largest absolute Gasteiger partial charge is 0.416 e. The molecular formula is C19H13ClF3N5S. The minimum absolute atomic E-state index is 0.164. The summed E-state index contributed by atoms with van der Waals surface area (Å²) in [7, 11) is 0. The molecule has 4 rings (SSSR count).